The zero-order valence-corrected chi connectivity index (χ0v) is 17.2. The summed E-state index contributed by atoms with van der Waals surface area (Å²) in [5, 5.41) is 55.7. The molecule has 176 valence electrons. The van der Waals surface area contributed by atoms with Crippen molar-refractivity contribution >= 4 is 5.97 Å². The summed E-state index contributed by atoms with van der Waals surface area (Å²) in [4.78, 5) is 13.4. The van der Waals surface area contributed by atoms with Gasteiger partial charge in [-0.1, -0.05) is 35.1 Å². The second kappa shape index (κ2) is 5.61. The van der Waals surface area contributed by atoms with Gasteiger partial charge in [-0.05, 0) is 17.8 Å². The monoisotopic (exact) mass is 444 g/mol. The maximum absolute atomic E-state index is 13.4. The van der Waals surface area contributed by atoms with E-state index in [0.29, 0.717) is 6.42 Å². The van der Waals surface area contributed by atoms with Crippen molar-refractivity contribution in [2.24, 2.45) is 28.1 Å². The third kappa shape index (κ3) is 1.68. The van der Waals surface area contributed by atoms with Crippen LogP contribution in [0.3, 0.4) is 0 Å². The lowest BCUT2D eigenvalue weighted by Gasteiger charge is -2.49. The minimum Gasteiger partial charge on any atom is -0.459 e. The molecular weight excluding hydrogens is 412 g/mol. The molecule has 10 nitrogen and oxygen atoms in total. The van der Waals surface area contributed by atoms with Crippen LogP contribution < -0.4 is 0 Å². The smallest absolute Gasteiger partial charge is 0.342 e. The number of rotatable bonds is 0. The molecule has 2 spiro atoms. The molecule has 0 amide bonds. The zero-order chi connectivity index (χ0) is 21.8. The fourth-order valence-electron chi connectivity index (χ4n) is 8.38. The second-order valence-corrected chi connectivity index (χ2v) is 11.0. The molecule has 0 radical (unpaired) electrons. The molecule has 13 atom stereocenters. The Hall–Kier alpha value is -0.850. The molecule has 5 N–H and O–H groups in total. The highest BCUT2D eigenvalue weighted by Gasteiger charge is 3.02. The summed E-state index contributed by atoms with van der Waals surface area (Å²) in [6, 6.07) is 0. The number of esters is 1. The Morgan fingerprint density at radius 1 is 1.03 bits per heavy atom. The number of carbonyl (C=O) groups is 1. The van der Waals surface area contributed by atoms with E-state index in [4.69, 9.17) is 18.9 Å². The van der Waals surface area contributed by atoms with Gasteiger partial charge in [0.05, 0.1) is 16.9 Å². The molecule has 6 fully saturated rings. The van der Waals surface area contributed by atoms with Crippen LogP contribution in [-0.2, 0) is 23.7 Å². The van der Waals surface area contributed by atoms with Crippen LogP contribution in [0.5, 0.6) is 0 Å². The summed E-state index contributed by atoms with van der Waals surface area (Å²) >= 11 is 0. The Labute approximate surface area is 180 Å². The fourth-order valence-corrected chi connectivity index (χ4v) is 8.38. The first-order valence-corrected chi connectivity index (χ1v) is 10.5. The van der Waals surface area contributed by atoms with Gasteiger partial charge >= 0.3 is 5.97 Å². The van der Waals surface area contributed by atoms with Crippen LogP contribution in [0.25, 0.3) is 0 Å². The number of aliphatic hydroxyl groups excluding tert-OH is 4. The van der Waals surface area contributed by atoms with Crippen molar-refractivity contribution in [3.05, 3.63) is 0 Å². The highest BCUT2D eigenvalue weighted by Crippen LogP contribution is 2.84. The predicted octanol–water partition coefficient (Wildman–Crippen LogP) is -1.15. The van der Waals surface area contributed by atoms with Gasteiger partial charge in [-0.2, -0.15) is 0 Å². The fraction of sp³-hybridized carbons (Fsp3) is 0.952. The lowest BCUT2D eigenvalue weighted by molar-refractivity contribution is -0.263. The molecule has 4 heterocycles. The van der Waals surface area contributed by atoms with Crippen LogP contribution in [0.1, 0.15) is 41.5 Å². The molecule has 4 saturated heterocycles. The summed E-state index contributed by atoms with van der Waals surface area (Å²) in [6.45, 7) is 7.39. The highest BCUT2D eigenvalue weighted by molar-refractivity contribution is 5.89. The van der Waals surface area contributed by atoms with Gasteiger partial charge in [-0.3, -0.25) is 0 Å². The van der Waals surface area contributed by atoms with E-state index in [1.54, 1.807) is 0 Å². The molecule has 10 heteroatoms. The molecule has 0 aromatic carbocycles. The first kappa shape index (κ1) is 22.0. The Bertz CT molecular complexity index is 843. The molecule has 4 aliphatic heterocycles. The number of hydrogen-bond donors (Lipinski definition) is 5. The predicted molar refractivity (Wildman–Crippen MR) is 101 cm³/mol. The number of hydrogen-bond acceptors (Lipinski definition) is 10. The van der Waals surface area contributed by atoms with Gasteiger partial charge in [0, 0.05) is 5.92 Å². The number of aliphatic hydroxyl groups is 5. The zero-order valence-electron chi connectivity index (χ0n) is 17.2. The maximum atomic E-state index is 13.4. The third-order valence-corrected chi connectivity index (χ3v) is 9.27. The van der Waals surface area contributed by atoms with E-state index in [9.17, 15) is 30.3 Å². The van der Waals surface area contributed by atoms with Crippen molar-refractivity contribution in [3.63, 3.8) is 0 Å². The first-order chi connectivity index (χ1) is 13.8. The molecule has 5 unspecified atom stereocenters. The van der Waals surface area contributed by atoms with E-state index in [2.05, 4.69) is 0 Å². The van der Waals surface area contributed by atoms with Crippen molar-refractivity contribution < 1.29 is 49.3 Å². The average Bonchev–Trinajstić information content (AvgIpc) is 3.35. The van der Waals surface area contributed by atoms with Crippen LogP contribution in [0.2, 0.25) is 0 Å². The van der Waals surface area contributed by atoms with Crippen LogP contribution >= 0.6 is 0 Å². The summed E-state index contributed by atoms with van der Waals surface area (Å²) < 4.78 is 23.1. The van der Waals surface area contributed by atoms with Crippen LogP contribution in [0.4, 0.5) is 0 Å². The summed E-state index contributed by atoms with van der Waals surface area (Å²) in [5.41, 5.74) is -7.74. The molecular formula is C21H32O10. The van der Waals surface area contributed by atoms with Gasteiger partial charge < -0.3 is 44.5 Å². The highest BCUT2D eigenvalue weighted by atomic mass is 16.8. The van der Waals surface area contributed by atoms with Crippen molar-refractivity contribution in [1.29, 1.82) is 0 Å². The Morgan fingerprint density at radius 3 is 2.29 bits per heavy atom. The van der Waals surface area contributed by atoms with Gasteiger partial charge in [0.1, 0.15) is 23.9 Å². The van der Waals surface area contributed by atoms with Crippen molar-refractivity contribution in [3.8, 4) is 0 Å². The topological polar surface area (TPSA) is 155 Å². The summed E-state index contributed by atoms with van der Waals surface area (Å²) in [5.74, 6) is -2.25. The number of ether oxygens (including phenoxy) is 4. The minimum absolute atomic E-state index is 0. The van der Waals surface area contributed by atoms with E-state index in [1.165, 1.54) is 6.92 Å². The standard InChI is InChI=1S/C20H28O10.CH4/c1-6-12(23)28-11-9(21)18-8-5-7(16(2,3)4)17(18)10(22)13(24)29-15(17)30-20(18,14(25)27-8)19(6,11)26;/h6-13,15,21-24,26H,5H2,1-4H3;1H4/t6-,7+,8?,9+,10+,11?,12?,13+,15+,17?,18?,19-,20-;/m1./s1. The largest absolute Gasteiger partial charge is 0.459 e. The van der Waals surface area contributed by atoms with Crippen molar-refractivity contribution in [1.82, 2.24) is 0 Å². The Morgan fingerprint density at radius 2 is 1.68 bits per heavy atom. The molecule has 0 bridgehead atoms. The van der Waals surface area contributed by atoms with E-state index in [-0.39, 0.29) is 13.3 Å². The van der Waals surface area contributed by atoms with Gasteiger partial charge in [0.25, 0.3) is 0 Å². The molecule has 6 aliphatic rings. The van der Waals surface area contributed by atoms with Crippen LogP contribution in [0, 0.1) is 28.1 Å². The second-order valence-electron chi connectivity index (χ2n) is 11.0. The van der Waals surface area contributed by atoms with E-state index >= 15 is 0 Å². The van der Waals surface area contributed by atoms with E-state index < -0.39 is 82.6 Å². The van der Waals surface area contributed by atoms with Gasteiger partial charge in [0.15, 0.2) is 18.9 Å². The Balaban J connectivity index is 0.00000204. The first-order valence-electron chi connectivity index (χ1n) is 10.5. The lowest BCUT2D eigenvalue weighted by atomic mass is 9.51. The van der Waals surface area contributed by atoms with Gasteiger partial charge in [0.2, 0.25) is 5.60 Å². The Kier molecular flexibility index (Phi) is 3.98. The third-order valence-electron chi connectivity index (χ3n) is 9.27. The van der Waals surface area contributed by atoms with Crippen LogP contribution in [0.15, 0.2) is 0 Å². The molecule has 2 saturated carbocycles. The lowest BCUT2D eigenvalue weighted by Crippen LogP contribution is -2.67. The average molecular weight is 444 g/mol. The SMILES string of the molecule is C.C[C@@H]1C(O)OC2[C@H](O)C34C5C[C@@H](C(C)(C)C)C36[C@@H](O[C@H](O)[C@@H]6O)O[C@@]4(C(=O)O5)[C@]21O. The quantitative estimate of drug-likeness (QED) is 0.289. The van der Waals surface area contributed by atoms with Crippen molar-refractivity contribution in [2.45, 2.75) is 96.0 Å². The van der Waals surface area contributed by atoms with E-state index in [1.807, 2.05) is 20.8 Å². The number of carbonyl (C=O) groups excluding carboxylic acids is 1. The molecule has 2 aliphatic carbocycles. The van der Waals surface area contributed by atoms with Crippen molar-refractivity contribution in [2.75, 3.05) is 0 Å². The van der Waals surface area contributed by atoms with Gasteiger partial charge in [-0.25, -0.2) is 4.79 Å². The molecule has 0 aromatic heterocycles. The van der Waals surface area contributed by atoms with E-state index in [0.717, 1.165) is 0 Å². The normalized spacial score (nSPS) is 63.4. The summed E-state index contributed by atoms with van der Waals surface area (Å²) in [7, 11) is 0. The minimum atomic E-state index is -2.12. The molecule has 31 heavy (non-hydrogen) atoms. The summed E-state index contributed by atoms with van der Waals surface area (Å²) in [6.07, 6.45) is -9.21. The maximum Gasteiger partial charge on any atom is 0.342 e. The van der Waals surface area contributed by atoms with Crippen LogP contribution in [-0.4, -0.2) is 86.0 Å². The molecule has 0 aromatic rings. The van der Waals surface area contributed by atoms with Gasteiger partial charge in [-0.15, -0.1) is 0 Å². The number of fused-ring (bicyclic) bond motifs is 1. The molecule has 6 rings (SSSR count).